The van der Waals surface area contributed by atoms with Gasteiger partial charge in [0.2, 0.25) is 0 Å². The second kappa shape index (κ2) is 12.7. The van der Waals surface area contributed by atoms with Crippen LogP contribution in [0.2, 0.25) is 0 Å². The first kappa shape index (κ1) is 21.0. The van der Waals surface area contributed by atoms with Gasteiger partial charge in [0.1, 0.15) is 13.2 Å². The van der Waals surface area contributed by atoms with Crippen molar-refractivity contribution in [1.29, 1.82) is 0 Å². The van der Waals surface area contributed by atoms with Gasteiger partial charge in [-0.1, -0.05) is 26.3 Å². The number of nitrogens with zero attached hydrogens (tertiary/aromatic N) is 1. The molecule has 0 saturated carbocycles. The molecule has 0 aromatic rings. The van der Waals surface area contributed by atoms with E-state index in [1.165, 1.54) is 38.3 Å². The first-order chi connectivity index (χ1) is 8.64. The summed E-state index contributed by atoms with van der Waals surface area (Å²) < 4.78 is 6.15. The fraction of sp³-hybridized carbons (Fsp3) is 0.800. The third-order valence-corrected chi connectivity index (χ3v) is 3.80. The van der Waals surface area contributed by atoms with Gasteiger partial charge in [0.25, 0.3) is 0 Å². The van der Waals surface area contributed by atoms with Crippen LogP contribution < -0.4 is 17.0 Å². The van der Waals surface area contributed by atoms with E-state index in [-0.39, 0.29) is 23.0 Å². The zero-order valence-electron chi connectivity index (χ0n) is 12.8. The van der Waals surface area contributed by atoms with Crippen LogP contribution in [0.5, 0.6) is 0 Å². The summed E-state index contributed by atoms with van der Waals surface area (Å²) in [6.07, 6.45) is 6.40. The van der Waals surface area contributed by atoms with Gasteiger partial charge in [-0.15, -0.1) is 0 Å². The fourth-order valence-electron chi connectivity index (χ4n) is 2.24. The molecule has 0 spiro atoms. The lowest BCUT2D eigenvalue weighted by atomic mass is 10.1. The lowest BCUT2D eigenvalue weighted by molar-refractivity contribution is -0.925. The monoisotopic (exact) mass is 335 g/mol. The van der Waals surface area contributed by atoms with E-state index in [1.54, 1.807) is 0 Å². The molecular formula is C15H30BrNO2. The zero-order valence-corrected chi connectivity index (χ0v) is 14.4. The molecule has 0 aliphatic rings. The molecule has 4 heteroatoms. The molecule has 0 aliphatic heterocycles. The largest absolute Gasteiger partial charge is 1.00 e. The highest BCUT2D eigenvalue weighted by Gasteiger charge is 2.22. The molecule has 0 aromatic carbocycles. The van der Waals surface area contributed by atoms with Gasteiger partial charge in [-0.2, -0.15) is 0 Å². The maximum Gasteiger partial charge on any atom is 0.330 e. The second-order valence-corrected chi connectivity index (χ2v) is 4.85. The molecule has 0 radical (unpaired) electrons. The summed E-state index contributed by atoms with van der Waals surface area (Å²) in [4.78, 5) is 11.0. The van der Waals surface area contributed by atoms with E-state index in [4.69, 9.17) is 4.74 Å². The maximum absolute atomic E-state index is 11.0. The Bertz CT molecular complexity index is 240. The molecule has 0 unspecified atom stereocenters. The smallest absolute Gasteiger partial charge is 0.330 e. The molecule has 0 N–H and O–H groups in total. The van der Waals surface area contributed by atoms with Crippen molar-refractivity contribution in [3.8, 4) is 0 Å². The number of unbranched alkanes of at least 4 members (excludes halogenated alkanes) is 3. The molecule has 19 heavy (non-hydrogen) atoms. The van der Waals surface area contributed by atoms with E-state index in [0.717, 1.165) is 24.1 Å². The van der Waals surface area contributed by atoms with Crippen molar-refractivity contribution in [1.82, 2.24) is 0 Å². The average molecular weight is 336 g/mol. The van der Waals surface area contributed by atoms with Crippen molar-refractivity contribution in [3.63, 3.8) is 0 Å². The molecule has 0 atom stereocenters. The Morgan fingerprint density at radius 3 is 2.21 bits per heavy atom. The Hall–Kier alpha value is -0.350. The number of rotatable bonds is 11. The molecule has 3 nitrogen and oxygen atoms in total. The lowest BCUT2D eigenvalue weighted by Gasteiger charge is -2.36. The van der Waals surface area contributed by atoms with Crippen molar-refractivity contribution >= 4 is 5.97 Å². The second-order valence-electron chi connectivity index (χ2n) is 4.85. The highest BCUT2D eigenvalue weighted by atomic mass is 79.9. The predicted molar refractivity (Wildman–Crippen MR) is 76.4 cm³/mol. The number of likely N-dealkylation sites (N-methyl/N-ethyl adjacent to an activating group) is 1. The van der Waals surface area contributed by atoms with E-state index < -0.39 is 0 Å². The number of hydrogen-bond donors (Lipinski definition) is 0. The first-order valence-corrected chi connectivity index (χ1v) is 7.28. The zero-order chi connectivity index (χ0) is 13.9. The highest BCUT2D eigenvalue weighted by molar-refractivity contribution is 5.81. The molecule has 0 rings (SSSR count). The summed E-state index contributed by atoms with van der Waals surface area (Å²) in [5.74, 6) is -0.314. The summed E-state index contributed by atoms with van der Waals surface area (Å²) in [7, 11) is 0. The van der Waals surface area contributed by atoms with Crippen LogP contribution >= 0.6 is 0 Å². The fourth-order valence-corrected chi connectivity index (χ4v) is 2.24. The molecule has 0 aliphatic carbocycles. The molecule has 0 bridgehead atoms. The van der Waals surface area contributed by atoms with E-state index in [1.807, 2.05) is 0 Å². The Morgan fingerprint density at radius 1 is 1.11 bits per heavy atom. The van der Waals surface area contributed by atoms with Gasteiger partial charge < -0.3 is 26.2 Å². The van der Waals surface area contributed by atoms with Crippen LogP contribution in [-0.4, -0.2) is 43.2 Å². The molecule has 0 saturated heterocycles. The van der Waals surface area contributed by atoms with Gasteiger partial charge in [0.05, 0.1) is 19.6 Å². The number of ether oxygens (including phenoxy) is 1. The Morgan fingerprint density at radius 2 is 1.74 bits per heavy atom. The minimum Gasteiger partial charge on any atom is -1.00 e. The maximum atomic E-state index is 11.0. The number of hydrogen-bond acceptors (Lipinski definition) is 2. The van der Waals surface area contributed by atoms with Crippen LogP contribution in [-0.2, 0) is 9.53 Å². The van der Waals surface area contributed by atoms with Gasteiger partial charge in [0, 0.05) is 6.08 Å². The van der Waals surface area contributed by atoms with Crippen LogP contribution in [0.15, 0.2) is 12.7 Å². The van der Waals surface area contributed by atoms with Crippen molar-refractivity contribution in [2.75, 3.05) is 32.8 Å². The van der Waals surface area contributed by atoms with Gasteiger partial charge in [-0.3, -0.25) is 0 Å². The highest BCUT2D eigenvalue weighted by Crippen LogP contribution is 2.11. The summed E-state index contributed by atoms with van der Waals surface area (Å²) in [5.41, 5.74) is 0. The lowest BCUT2D eigenvalue weighted by Crippen LogP contribution is -3.00. The Kier molecular flexibility index (Phi) is 14.0. The number of halogens is 1. The summed E-state index contributed by atoms with van der Waals surface area (Å²) in [5, 5.41) is 0. The van der Waals surface area contributed by atoms with Crippen LogP contribution in [0.1, 0.15) is 46.5 Å². The molecule has 0 fully saturated rings. The predicted octanol–water partition coefficient (Wildman–Crippen LogP) is 0.157. The van der Waals surface area contributed by atoms with Gasteiger partial charge in [-0.05, 0) is 26.7 Å². The van der Waals surface area contributed by atoms with Crippen LogP contribution in [0.4, 0.5) is 0 Å². The van der Waals surface area contributed by atoms with Gasteiger partial charge >= 0.3 is 5.97 Å². The van der Waals surface area contributed by atoms with Crippen molar-refractivity contribution in [2.45, 2.75) is 46.5 Å². The van der Waals surface area contributed by atoms with Crippen molar-refractivity contribution < 1.29 is 31.0 Å². The molecule has 0 heterocycles. The molecule has 0 amide bonds. The Labute approximate surface area is 129 Å². The summed E-state index contributed by atoms with van der Waals surface area (Å²) in [6, 6.07) is 0. The topological polar surface area (TPSA) is 26.3 Å². The van der Waals surface area contributed by atoms with Crippen molar-refractivity contribution in [3.05, 3.63) is 12.7 Å². The third kappa shape index (κ3) is 9.22. The molecular weight excluding hydrogens is 306 g/mol. The van der Waals surface area contributed by atoms with Gasteiger partial charge in [-0.25, -0.2) is 4.79 Å². The van der Waals surface area contributed by atoms with Crippen LogP contribution in [0, 0.1) is 0 Å². The molecule has 0 aromatic heterocycles. The summed E-state index contributed by atoms with van der Waals surface area (Å²) >= 11 is 0. The normalized spacial score (nSPS) is 10.7. The number of carbonyl (C=O) groups excluding carboxylic acids is 1. The Balaban J connectivity index is 0. The standard InChI is InChI=1S/C15H30NO2.BrH/c1-5-9-10-11-12-16(7-3,8-4)13-14-18-15(17)6-2;/h6H,2,5,7-14H2,1,3-4H3;1H/q+1;/p-1. The quantitative estimate of drug-likeness (QED) is 0.233. The van der Waals surface area contributed by atoms with E-state index in [2.05, 4.69) is 27.4 Å². The van der Waals surface area contributed by atoms with E-state index >= 15 is 0 Å². The van der Waals surface area contributed by atoms with Gasteiger partial charge in [0.15, 0.2) is 0 Å². The van der Waals surface area contributed by atoms with E-state index in [9.17, 15) is 4.79 Å². The number of carbonyl (C=O) groups is 1. The van der Waals surface area contributed by atoms with Crippen LogP contribution in [0.3, 0.4) is 0 Å². The van der Waals surface area contributed by atoms with E-state index in [0.29, 0.717) is 6.61 Å². The van der Waals surface area contributed by atoms with Crippen molar-refractivity contribution in [2.24, 2.45) is 0 Å². The minimum atomic E-state index is -0.314. The minimum absolute atomic E-state index is 0. The molecule has 114 valence electrons. The average Bonchev–Trinajstić information content (AvgIpc) is 2.41. The first-order valence-electron chi connectivity index (χ1n) is 7.28. The SMILES string of the molecule is C=CC(=O)OCC[N+](CC)(CC)CCCCCC.[Br-]. The number of esters is 1. The third-order valence-electron chi connectivity index (χ3n) is 3.80. The summed E-state index contributed by atoms with van der Waals surface area (Å²) in [6.45, 7) is 14.9. The number of quaternary nitrogens is 1. The van der Waals surface area contributed by atoms with Crippen LogP contribution in [0.25, 0.3) is 0 Å².